The van der Waals surface area contributed by atoms with Crippen molar-refractivity contribution >= 4 is 0 Å². The average molecular weight is 268 g/mol. The normalized spacial score (nSPS) is 10.7. The second kappa shape index (κ2) is 6.88. The molecule has 0 aliphatic carbocycles. The fraction of sp³-hybridized carbons (Fsp3) is 0.375. The third-order valence-corrected chi connectivity index (χ3v) is 3.40. The first-order chi connectivity index (χ1) is 9.76. The van der Waals surface area contributed by atoms with Crippen molar-refractivity contribution in [1.82, 2.24) is 14.7 Å². The van der Waals surface area contributed by atoms with Gasteiger partial charge in [0.05, 0.1) is 17.8 Å². The van der Waals surface area contributed by atoms with Gasteiger partial charge in [-0.15, -0.1) is 0 Å². The maximum Gasteiger partial charge on any atom is 0.0995 e. The fourth-order valence-corrected chi connectivity index (χ4v) is 2.21. The van der Waals surface area contributed by atoms with Gasteiger partial charge in [0, 0.05) is 31.4 Å². The first kappa shape index (κ1) is 14.3. The Morgan fingerprint density at radius 1 is 1.25 bits per heavy atom. The van der Waals surface area contributed by atoms with Gasteiger partial charge in [0.15, 0.2) is 0 Å². The molecule has 0 amide bonds. The lowest BCUT2D eigenvalue weighted by molar-refractivity contribution is 0.271. The second-order valence-corrected chi connectivity index (χ2v) is 4.78. The van der Waals surface area contributed by atoms with E-state index in [1.165, 1.54) is 5.56 Å². The summed E-state index contributed by atoms with van der Waals surface area (Å²) in [5, 5.41) is 13.4. The van der Waals surface area contributed by atoms with Crippen molar-refractivity contribution in [3.8, 4) is 6.07 Å². The molecule has 20 heavy (non-hydrogen) atoms. The van der Waals surface area contributed by atoms with Gasteiger partial charge >= 0.3 is 0 Å². The van der Waals surface area contributed by atoms with E-state index in [1.54, 1.807) is 0 Å². The van der Waals surface area contributed by atoms with Crippen LogP contribution in [0.25, 0.3) is 0 Å². The molecule has 4 nitrogen and oxygen atoms in total. The minimum absolute atomic E-state index is 0.759. The van der Waals surface area contributed by atoms with Crippen LogP contribution < -0.4 is 0 Å². The summed E-state index contributed by atoms with van der Waals surface area (Å²) in [4.78, 5) is 2.31. The smallest absolute Gasteiger partial charge is 0.0995 e. The quantitative estimate of drug-likeness (QED) is 0.809. The number of rotatable bonds is 6. The van der Waals surface area contributed by atoms with E-state index in [4.69, 9.17) is 5.26 Å². The molecule has 0 fully saturated rings. The van der Waals surface area contributed by atoms with Gasteiger partial charge in [-0.05, 0) is 25.1 Å². The maximum absolute atomic E-state index is 9.15. The zero-order valence-corrected chi connectivity index (χ0v) is 12.1. The van der Waals surface area contributed by atoms with Gasteiger partial charge in [-0.25, -0.2) is 0 Å². The molecule has 0 saturated heterocycles. The van der Waals surface area contributed by atoms with Crippen LogP contribution in [0.4, 0.5) is 0 Å². The van der Waals surface area contributed by atoms with E-state index in [0.717, 1.165) is 37.3 Å². The summed E-state index contributed by atoms with van der Waals surface area (Å²) in [6.07, 6.45) is 4.00. The van der Waals surface area contributed by atoms with Crippen LogP contribution in [-0.4, -0.2) is 21.2 Å². The molecular formula is C16H20N4. The first-order valence-electron chi connectivity index (χ1n) is 6.98. The van der Waals surface area contributed by atoms with Gasteiger partial charge in [-0.1, -0.05) is 25.1 Å². The van der Waals surface area contributed by atoms with Crippen LogP contribution in [0, 0.1) is 11.3 Å². The lowest BCUT2D eigenvalue weighted by atomic mass is 10.1. The van der Waals surface area contributed by atoms with Crippen LogP contribution in [0.5, 0.6) is 0 Å². The van der Waals surface area contributed by atoms with Crippen LogP contribution in [0.3, 0.4) is 0 Å². The number of aromatic nitrogens is 2. The first-order valence-corrected chi connectivity index (χ1v) is 6.98. The van der Waals surface area contributed by atoms with Crippen molar-refractivity contribution in [2.75, 3.05) is 6.54 Å². The third-order valence-electron chi connectivity index (χ3n) is 3.40. The standard InChI is InChI=1S/C16H20N4/c1-3-19(11-14-10-18-20(4-2)12-14)13-16-8-6-5-7-15(16)9-17/h5-8,10,12H,3-4,11,13H2,1-2H3. The van der Waals surface area contributed by atoms with E-state index < -0.39 is 0 Å². The summed E-state index contributed by atoms with van der Waals surface area (Å²) >= 11 is 0. The third kappa shape index (κ3) is 3.46. The molecular weight excluding hydrogens is 248 g/mol. The van der Waals surface area contributed by atoms with Crippen molar-refractivity contribution in [2.24, 2.45) is 0 Å². The summed E-state index contributed by atoms with van der Waals surface area (Å²) in [5.74, 6) is 0. The zero-order valence-electron chi connectivity index (χ0n) is 12.1. The highest BCUT2D eigenvalue weighted by atomic mass is 15.3. The van der Waals surface area contributed by atoms with Gasteiger partial charge in [-0.3, -0.25) is 9.58 Å². The molecule has 1 heterocycles. The van der Waals surface area contributed by atoms with Crippen LogP contribution in [0.15, 0.2) is 36.7 Å². The van der Waals surface area contributed by atoms with E-state index >= 15 is 0 Å². The number of nitriles is 1. The van der Waals surface area contributed by atoms with E-state index in [2.05, 4.69) is 36.1 Å². The monoisotopic (exact) mass is 268 g/mol. The van der Waals surface area contributed by atoms with Crippen molar-refractivity contribution in [3.05, 3.63) is 53.3 Å². The Morgan fingerprint density at radius 3 is 2.70 bits per heavy atom. The Balaban J connectivity index is 2.07. The Hall–Kier alpha value is -2.12. The Labute approximate surface area is 120 Å². The van der Waals surface area contributed by atoms with E-state index in [1.807, 2.05) is 35.1 Å². The minimum atomic E-state index is 0.759. The summed E-state index contributed by atoms with van der Waals surface area (Å²) in [6, 6.07) is 10.0. The predicted octanol–water partition coefficient (Wildman–Crippen LogP) is 2.80. The zero-order chi connectivity index (χ0) is 14.4. The second-order valence-electron chi connectivity index (χ2n) is 4.78. The van der Waals surface area contributed by atoms with Crippen molar-refractivity contribution < 1.29 is 0 Å². The minimum Gasteiger partial charge on any atom is -0.295 e. The molecule has 0 saturated carbocycles. The predicted molar refractivity (Wildman–Crippen MR) is 78.8 cm³/mol. The van der Waals surface area contributed by atoms with Crippen molar-refractivity contribution in [3.63, 3.8) is 0 Å². The number of nitrogens with zero attached hydrogens (tertiary/aromatic N) is 4. The molecule has 4 heteroatoms. The fourth-order valence-electron chi connectivity index (χ4n) is 2.21. The molecule has 0 aliphatic rings. The summed E-state index contributed by atoms with van der Waals surface area (Å²) < 4.78 is 1.94. The number of hydrogen-bond donors (Lipinski definition) is 0. The highest BCUT2D eigenvalue weighted by molar-refractivity contribution is 5.37. The average Bonchev–Trinajstić information content (AvgIpc) is 2.94. The SMILES string of the molecule is CCN(Cc1cnn(CC)c1)Cc1ccccc1C#N. The Bertz CT molecular complexity index is 595. The van der Waals surface area contributed by atoms with Gasteiger partial charge in [0.2, 0.25) is 0 Å². The molecule has 0 bridgehead atoms. The van der Waals surface area contributed by atoms with Gasteiger partial charge in [-0.2, -0.15) is 10.4 Å². The molecule has 0 unspecified atom stereocenters. The molecule has 0 spiro atoms. The van der Waals surface area contributed by atoms with Crippen LogP contribution in [-0.2, 0) is 19.6 Å². The molecule has 0 N–H and O–H groups in total. The number of aryl methyl sites for hydroxylation is 1. The van der Waals surface area contributed by atoms with Crippen LogP contribution in [0.2, 0.25) is 0 Å². The molecule has 2 aromatic rings. The highest BCUT2D eigenvalue weighted by Crippen LogP contribution is 2.13. The highest BCUT2D eigenvalue weighted by Gasteiger charge is 2.09. The lowest BCUT2D eigenvalue weighted by Crippen LogP contribution is -2.22. The van der Waals surface area contributed by atoms with Crippen molar-refractivity contribution in [1.29, 1.82) is 5.26 Å². The lowest BCUT2D eigenvalue weighted by Gasteiger charge is -2.20. The van der Waals surface area contributed by atoms with Gasteiger partial charge < -0.3 is 0 Å². The topological polar surface area (TPSA) is 44.9 Å². The van der Waals surface area contributed by atoms with Gasteiger partial charge in [0.1, 0.15) is 0 Å². The summed E-state index contributed by atoms with van der Waals surface area (Å²) in [6.45, 7) is 7.70. The Morgan fingerprint density at radius 2 is 2.05 bits per heavy atom. The molecule has 0 atom stereocenters. The van der Waals surface area contributed by atoms with Crippen molar-refractivity contribution in [2.45, 2.75) is 33.5 Å². The summed E-state index contributed by atoms with van der Waals surface area (Å²) in [5.41, 5.74) is 3.05. The van der Waals surface area contributed by atoms with E-state index in [-0.39, 0.29) is 0 Å². The van der Waals surface area contributed by atoms with Gasteiger partial charge in [0.25, 0.3) is 0 Å². The molecule has 1 aromatic heterocycles. The summed E-state index contributed by atoms with van der Waals surface area (Å²) in [7, 11) is 0. The molecule has 104 valence electrons. The van der Waals surface area contributed by atoms with E-state index in [9.17, 15) is 0 Å². The van der Waals surface area contributed by atoms with E-state index in [0.29, 0.717) is 0 Å². The largest absolute Gasteiger partial charge is 0.295 e. The molecule has 0 aliphatic heterocycles. The molecule has 1 aromatic carbocycles. The maximum atomic E-state index is 9.15. The number of hydrogen-bond acceptors (Lipinski definition) is 3. The number of benzene rings is 1. The van der Waals surface area contributed by atoms with Crippen LogP contribution in [0.1, 0.15) is 30.5 Å². The Kier molecular flexibility index (Phi) is 4.91. The molecule has 2 rings (SSSR count). The van der Waals surface area contributed by atoms with Crippen LogP contribution >= 0.6 is 0 Å². The molecule has 0 radical (unpaired) electrons.